The SMILES string of the molecule is Cc1ccc(NC(=O)N2CCN(c3ccc(Cl)c(C(F)(F)F)c3)CC2)cc1. The monoisotopic (exact) mass is 397 g/mol. The fourth-order valence-corrected chi connectivity index (χ4v) is 3.16. The van der Waals surface area contributed by atoms with Crippen molar-refractivity contribution in [2.75, 3.05) is 36.4 Å². The highest BCUT2D eigenvalue weighted by atomic mass is 35.5. The third-order valence-corrected chi connectivity index (χ3v) is 4.82. The second-order valence-electron chi connectivity index (χ2n) is 6.43. The molecule has 0 aromatic heterocycles. The van der Waals surface area contributed by atoms with Gasteiger partial charge in [-0.25, -0.2) is 4.79 Å². The van der Waals surface area contributed by atoms with Gasteiger partial charge in [-0.1, -0.05) is 29.3 Å². The summed E-state index contributed by atoms with van der Waals surface area (Å²) in [5.74, 6) is 0. The number of urea groups is 1. The number of alkyl halides is 3. The molecule has 2 amide bonds. The number of carbonyl (C=O) groups excluding carboxylic acids is 1. The molecule has 3 rings (SSSR count). The van der Waals surface area contributed by atoms with Gasteiger partial charge in [0.15, 0.2) is 0 Å². The first kappa shape index (κ1) is 19.4. The van der Waals surface area contributed by atoms with Crippen molar-refractivity contribution in [1.82, 2.24) is 4.90 Å². The van der Waals surface area contributed by atoms with E-state index in [0.29, 0.717) is 37.6 Å². The van der Waals surface area contributed by atoms with E-state index in [0.717, 1.165) is 11.6 Å². The minimum Gasteiger partial charge on any atom is -0.368 e. The topological polar surface area (TPSA) is 35.6 Å². The van der Waals surface area contributed by atoms with E-state index in [9.17, 15) is 18.0 Å². The maximum atomic E-state index is 13.0. The number of amides is 2. The van der Waals surface area contributed by atoms with Crippen molar-refractivity contribution in [1.29, 1.82) is 0 Å². The third kappa shape index (κ3) is 4.66. The Morgan fingerprint density at radius 1 is 1.04 bits per heavy atom. The van der Waals surface area contributed by atoms with E-state index in [1.54, 1.807) is 11.0 Å². The van der Waals surface area contributed by atoms with Crippen molar-refractivity contribution in [3.63, 3.8) is 0 Å². The molecule has 1 N–H and O–H groups in total. The average Bonchev–Trinajstić information content (AvgIpc) is 2.63. The van der Waals surface area contributed by atoms with Crippen LogP contribution in [0, 0.1) is 6.92 Å². The number of anilines is 2. The summed E-state index contributed by atoms with van der Waals surface area (Å²) >= 11 is 5.67. The smallest absolute Gasteiger partial charge is 0.368 e. The van der Waals surface area contributed by atoms with Crippen LogP contribution in [0.4, 0.5) is 29.3 Å². The number of nitrogens with zero attached hydrogens (tertiary/aromatic N) is 2. The molecule has 0 bridgehead atoms. The number of carbonyl (C=O) groups is 1. The molecule has 0 saturated carbocycles. The molecule has 144 valence electrons. The van der Waals surface area contributed by atoms with Crippen molar-refractivity contribution >= 4 is 29.0 Å². The zero-order chi connectivity index (χ0) is 19.6. The molecule has 0 atom stereocenters. The van der Waals surface area contributed by atoms with E-state index in [4.69, 9.17) is 11.6 Å². The Balaban J connectivity index is 1.62. The number of rotatable bonds is 2. The number of halogens is 4. The molecule has 1 heterocycles. The van der Waals surface area contributed by atoms with Crippen molar-refractivity contribution in [3.05, 3.63) is 58.6 Å². The van der Waals surface area contributed by atoms with Crippen molar-refractivity contribution in [2.24, 2.45) is 0 Å². The molecule has 0 radical (unpaired) electrons. The van der Waals surface area contributed by atoms with E-state index < -0.39 is 11.7 Å². The van der Waals surface area contributed by atoms with Gasteiger partial charge in [-0.05, 0) is 37.3 Å². The number of nitrogens with one attached hydrogen (secondary N) is 1. The molecule has 27 heavy (non-hydrogen) atoms. The number of hydrogen-bond donors (Lipinski definition) is 1. The molecule has 4 nitrogen and oxygen atoms in total. The van der Waals surface area contributed by atoms with E-state index in [1.807, 2.05) is 36.1 Å². The minimum absolute atomic E-state index is 0.217. The molecule has 1 saturated heterocycles. The lowest BCUT2D eigenvalue weighted by molar-refractivity contribution is -0.137. The Morgan fingerprint density at radius 3 is 2.26 bits per heavy atom. The molecule has 2 aromatic rings. The zero-order valence-electron chi connectivity index (χ0n) is 14.7. The van der Waals surface area contributed by atoms with E-state index in [-0.39, 0.29) is 11.1 Å². The summed E-state index contributed by atoms with van der Waals surface area (Å²) in [4.78, 5) is 15.8. The Bertz CT molecular complexity index is 816. The van der Waals surface area contributed by atoms with Crippen LogP contribution in [-0.4, -0.2) is 37.1 Å². The molecule has 1 aliphatic rings. The predicted octanol–water partition coefficient (Wildman–Crippen LogP) is 5.02. The molecule has 1 aliphatic heterocycles. The van der Waals surface area contributed by atoms with Crippen molar-refractivity contribution < 1.29 is 18.0 Å². The summed E-state index contributed by atoms with van der Waals surface area (Å²) in [6.07, 6.45) is -4.50. The summed E-state index contributed by atoms with van der Waals surface area (Å²) in [5.41, 5.74) is 1.41. The molecular formula is C19H19ClF3N3O. The van der Waals surface area contributed by atoms with Crippen molar-refractivity contribution in [3.8, 4) is 0 Å². The van der Waals surface area contributed by atoms with Crippen LogP contribution in [0.15, 0.2) is 42.5 Å². The van der Waals surface area contributed by atoms with E-state index >= 15 is 0 Å². The first-order valence-corrected chi connectivity index (χ1v) is 8.86. The third-order valence-electron chi connectivity index (χ3n) is 4.49. The van der Waals surface area contributed by atoms with Crippen LogP contribution >= 0.6 is 11.6 Å². The highest BCUT2D eigenvalue weighted by Gasteiger charge is 2.34. The Labute approximate surface area is 160 Å². The number of benzene rings is 2. The van der Waals surface area contributed by atoms with Gasteiger partial charge in [-0.2, -0.15) is 13.2 Å². The normalized spacial score (nSPS) is 15.0. The summed E-state index contributed by atoms with van der Waals surface area (Å²) in [7, 11) is 0. The van der Waals surface area contributed by atoms with Gasteiger partial charge in [0.25, 0.3) is 0 Å². The molecule has 8 heteroatoms. The molecular weight excluding hydrogens is 379 g/mol. The fraction of sp³-hybridized carbons (Fsp3) is 0.316. The van der Waals surface area contributed by atoms with Gasteiger partial charge in [0, 0.05) is 37.6 Å². The highest BCUT2D eigenvalue weighted by molar-refractivity contribution is 6.31. The van der Waals surface area contributed by atoms with Crippen LogP contribution in [-0.2, 0) is 6.18 Å². The van der Waals surface area contributed by atoms with Gasteiger partial charge in [0.1, 0.15) is 0 Å². The highest BCUT2D eigenvalue weighted by Crippen LogP contribution is 2.37. The van der Waals surface area contributed by atoms with Crippen LogP contribution in [0.2, 0.25) is 5.02 Å². The van der Waals surface area contributed by atoms with Gasteiger partial charge in [0.05, 0.1) is 10.6 Å². The maximum Gasteiger partial charge on any atom is 0.417 e. The van der Waals surface area contributed by atoms with Crippen LogP contribution in [0.1, 0.15) is 11.1 Å². The average molecular weight is 398 g/mol. The molecule has 1 fully saturated rings. The Kier molecular flexibility index (Phi) is 5.51. The number of piperazine rings is 1. The van der Waals surface area contributed by atoms with Crippen LogP contribution in [0.5, 0.6) is 0 Å². The maximum absolute atomic E-state index is 13.0. The standard InChI is InChI=1S/C19H19ClF3N3O/c1-13-2-4-14(5-3-13)24-18(27)26-10-8-25(9-11-26)15-6-7-17(20)16(12-15)19(21,22)23/h2-7,12H,8-11H2,1H3,(H,24,27). The summed E-state index contributed by atoms with van der Waals surface area (Å²) in [6.45, 7) is 3.69. The Hall–Kier alpha value is -2.41. The first-order valence-electron chi connectivity index (χ1n) is 8.48. The Morgan fingerprint density at radius 2 is 1.67 bits per heavy atom. The van der Waals surface area contributed by atoms with Crippen molar-refractivity contribution in [2.45, 2.75) is 13.1 Å². The summed E-state index contributed by atoms with van der Waals surface area (Å²) in [6, 6.07) is 11.1. The minimum atomic E-state index is -4.50. The summed E-state index contributed by atoms with van der Waals surface area (Å²) in [5, 5.41) is 2.51. The van der Waals surface area contributed by atoms with Crippen LogP contribution in [0.3, 0.4) is 0 Å². The lowest BCUT2D eigenvalue weighted by atomic mass is 10.1. The summed E-state index contributed by atoms with van der Waals surface area (Å²) < 4.78 is 39.1. The number of aryl methyl sites for hydroxylation is 1. The second-order valence-corrected chi connectivity index (χ2v) is 6.84. The zero-order valence-corrected chi connectivity index (χ0v) is 15.4. The van der Waals surface area contributed by atoms with Gasteiger partial charge in [0.2, 0.25) is 0 Å². The quantitative estimate of drug-likeness (QED) is 0.772. The second kappa shape index (κ2) is 7.68. The fourth-order valence-electron chi connectivity index (χ4n) is 2.93. The molecule has 2 aromatic carbocycles. The van der Waals surface area contributed by atoms with Crippen LogP contribution in [0.25, 0.3) is 0 Å². The van der Waals surface area contributed by atoms with Crippen LogP contribution < -0.4 is 10.2 Å². The van der Waals surface area contributed by atoms with E-state index in [2.05, 4.69) is 5.32 Å². The molecule has 0 unspecified atom stereocenters. The van der Waals surface area contributed by atoms with Gasteiger partial charge in [-0.15, -0.1) is 0 Å². The first-order chi connectivity index (χ1) is 12.7. The molecule has 0 spiro atoms. The lowest BCUT2D eigenvalue weighted by Crippen LogP contribution is -2.50. The largest absolute Gasteiger partial charge is 0.417 e. The van der Waals surface area contributed by atoms with E-state index in [1.165, 1.54) is 6.07 Å². The van der Waals surface area contributed by atoms with Gasteiger partial charge >= 0.3 is 12.2 Å². The molecule has 0 aliphatic carbocycles. The van der Waals surface area contributed by atoms with Gasteiger partial charge in [-0.3, -0.25) is 0 Å². The number of hydrogen-bond acceptors (Lipinski definition) is 2. The van der Waals surface area contributed by atoms with Gasteiger partial charge < -0.3 is 15.1 Å². The lowest BCUT2D eigenvalue weighted by Gasteiger charge is -2.36. The predicted molar refractivity (Wildman–Crippen MR) is 100 cm³/mol.